The Morgan fingerprint density at radius 2 is 2.10 bits per heavy atom. The van der Waals surface area contributed by atoms with E-state index in [0.29, 0.717) is 13.0 Å². The average molecular weight is 278 g/mol. The van der Waals surface area contributed by atoms with E-state index < -0.39 is 6.04 Å². The zero-order valence-electron chi connectivity index (χ0n) is 11.8. The second kappa shape index (κ2) is 6.24. The van der Waals surface area contributed by atoms with Gasteiger partial charge in [-0.2, -0.15) is 0 Å². The zero-order valence-corrected chi connectivity index (χ0v) is 11.8. The van der Waals surface area contributed by atoms with Crippen molar-refractivity contribution in [3.8, 4) is 5.75 Å². The Morgan fingerprint density at radius 1 is 1.45 bits per heavy atom. The van der Waals surface area contributed by atoms with E-state index in [2.05, 4.69) is 5.32 Å². The summed E-state index contributed by atoms with van der Waals surface area (Å²) in [5.41, 5.74) is 6.64. The molecule has 1 aromatic rings. The molecule has 1 fully saturated rings. The molecule has 1 atom stereocenters. The number of hydrogen-bond donors (Lipinski definition) is 3. The van der Waals surface area contributed by atoms with E-state index in [4.69, 9.17) is 10.5 Å². The molecule has 0 aromatic heterocycles. The fraction of sp³-hybridized carbons (Fsp3) is 0.533. The SMILES string of the molecule is COC1(CNC(=O)[C@@H](N)Cc2ccc(O)cc2)CCC1. The molecule has 2 rings (SSSR count). The maximum absolute atomic E-state index is 12.0. The minimum atomic E-state index is -0.589. The first-order valence-electron chi connectivity index (χ1n) is 6.91. The van der Waals surface area contributed by atoms with Crippen LogP contribution in [0.25, 0.3) is 0 Å². The van der Waals surface area contributed by atoms with Gasteiger partial charge in [-0.1, -0.05) is 12.1 Å². The quantitative estimate of drug-likeness (QED) is 0.723. The highest BCUT2D eigenvalue weighted by atomic mass is 16.5. The van der Waals surface area contributed by atoms with Crippen molar-refractivity contribution in [1.82, 2.24) is 5.32 Å². The Balaban J connectivity index is 1.81. The molecule has 1 saturated carbocycles. The van der Waals surface area contributed by atoms with Gasteiger partial charge in [0.15, 0.2) is 0 Å². The number of rotatable bonds is 6. The largest absolute Gasteiger partial charge is 0.508 e. The van der Waals surface area contributed by atoms with Gasteiger partial charge in [-0.25, -0.2) is 0 Å². The predicted octanol–water partition coefficient (Wildman–Crippen LogP) is 0.947. The molecular weight excluding hydrogens is 256 g/mol. The van der Waals surface area contributed by atoms with Crippen molar-refractivity contribution in [2.24, 2.45) is 5.73 Å². The van der Waals surface area contributed by atoms with Gasteiger partial charge in [-0.15, -0.1) is 0 Å². The molecule has 20 heavy (non-hydrogen) atoms. The highest BCUT2D eigenvalue weighted by Gasteiger charge is 2.37. The Bertz CT molecular complexity index is 449. The molecule has 1 aliphatic rings. The van der Waals surface area contributed by atoms with Gasteiger partial charge in [-0.05, 0) is 43.4 Å². The summed E-state index contributed by atoms with van der Waals surface area (Å²) in [7, 11) is 1.68. The number of phenols is 1. The second-order valence-corrected chi connectivity index (χ2v) is 5.44. The lowest BCUT2D eigenvalue weighted by atomic mass is 9.80. The van der Waals surface area contributed by atoms with Crippen LogP contribution in [-0.4, -0.2) is 36.3 Å². The van der Waals surface area contributed by atoms with Gasteiger partial charge >= 0.3 is 0 Å². The van der Waals surface area contributed by atoms with Crippen LogP contribution < -0.4 is 11.1 Å². The van der Waals surface area contributed by atoms with Crippen LogP contribution in [0.4, 0.5) is 0 Å². The number of phenolic OH excluding ortho intramolecular Hbond substituents is 1. The van der Waals surface area contributed by atoms with E-state index in [1.165, 1.54) is 0 Å². The molecule has 1 aromatic carbocycles. The molecule has 5 heteroatoms. The van der Waals surface area contributed by atoms with Crippen LogP contribution >= 0.6 is 0 Å². The van der Waals surface area contributed by atoms with E-state index in [0.717, 1.165) is 24.8 Å². The maximum atomic E-state index is 12.0. The Hall–Kier alpha value is -1.59. The first-order valence-corrected chi connectivity index (χ1v) is 6.91. The molecule has 1 amide bonds. The lowest BCUT2D eigenvalue weighted by Crippen LogP contribution is -2.52. The summed E-state index contributed by atoms with van der Waals surface area (Å²) in [5.74, 6) is 0.0418. The van der Waals surface area contributed by atoms with Gasteiger partial charge < -0.3 is 20.9 Å². The van der Waals surface area contributed by atoms with Gasteiger partial charge in [0.1, 0.15) is 5.75 Å². The summed E-state index contributed by atoms with van der Waals surface area (Å²) in [5, 5.41) is 12.1. The summed E-state index contributed by atoms with van der Waals surface area (Å²) in [6, 6.07) is 6.13. The summed E-state index contributed by atoms with van der Waals surface area (Å²) in [6.45, 7) is 0.519. The molecule has 110 valence electrons. The summed E-state index contributed by atoms with van der Waals surface area (Å²) >= 11 is 0. The Morgan fingerprint density at radius 3 is 2.60 bits per heavy atom. The highest BCUT2D eigenvalue weighted by Crippen LogP contribution is 2.34. The lowest BCUT2D eigenvalue weighted by molar-refractivity contribution is -0.126. The van der Waals surface area contributed by atoms with Crippen molar-refractivity contribution < 1.29 is 14.6 Å². The molecule has 0 saturated heterocycles. The van der Waals surface area contributed by atoms with Gasteiger partial charge in [0.2, 0.25) is 5.91 Å². The molecule has 5 nitrogen and oxygen atoms in total. The van der Waals surface area contributed by atoms with Crippen molar-refractivity contribution >= 4 is 5.91 Å². The molecular formula is C15H22N2O3. The van der Waals surface area contributed by atoms with Gasteiger partial charge in [-0.3, -0.25) is 4.79 Å². The van der Waals surface area contributed by atoms with Crippen molar-refractivity contribution in [2.45, 2.75) is 37.3 Å². The van der Waals surface area contributed by atoms with Crippen LogP contribution in [0, 0.1) is 0 Å². The molecule has 0 heterocycles. The third-order valence-corrected chi connectivity index (χ3v) is 4.01. The van der Waals surface area contributed by atoms with Crippen molar-refractivity contribution in [3.63, 3.8) is 0 Å². The summed E-state index contributed by atoms with van der Waals surface area (Å²) in [4.78, 5) is 12.0. The van der Waals surface area contributed by atoms with Crippen LogP contribution in [0.2, 0.25) is 0 Å². The van der Waals surface area contributed by atoms with Crippen LogP contribution in [-0.2, 0) is 16.0 Å². The number of carbonyl (C=O) groups is 1. The Labute approximate surface area is 119 Å². The smallest absolute Gasteiger partial charge is 0.237 e. The zero-order chi connectivity index (χ0) is 14.6. The molecule has 1 aliphatic carbocycles. The lowest BCUT2D eigenvalue weighted by Gasteiger charge is -2.40. The normalized spacial score (nSPS) is 18.1. The molecule has 0 aliphatic heterocycles. The van der Waals surface area contributed by atoms with Crippen LogP contribution in [0.3, 0.4) is 0 Å². The first kappa shape index (κ1) is 14.8. The van der Waals surface area contributed by atoms with Crippen molar-refractivity contribution in [2.75, 3.05) is 13.7 Å². The molecule has 0 spiro atoms. The number of carbonyl (C=O) groups excluding carboxylic acids is 1. The number of nitrogens with one attached hydrogen (secondary N) is 1. The monoisotopic (exact) mass is 278 g/mol. The van der Waals surface area contributed by atoms with Crippen molar-refractivity contribution in [3.05, 3.63) is 29.8 Å². The number of methoxy groups -OCH3 is 1. The predicted molar refractivity (Wildman–Crippen MR) is 76.4 cm³/mol. The van der Waals surface area contributed by atoms with Crippen molar-refractivity contribution in [1.29, 1.82) is 0 Å². The number of nitrogens with two attached hydrogens (primary N) is 1. The van der Waals surface area contributed by atoms with Crippen LogP contribution in [0.15, 0.2) is 24.3 Å². The molecule has 0 bridgehead atoms. The number of ether oxygens (including phenoxy) is 1. The van der Waals surface area contributed by atoms with Gasteiger partial charge in [0.05, 0.1) is 11.6 Å². The first-order chi connectivity index (χ1) is 9.54. The number of hydrogen-bond acceptors (Lipinski definition) is 4. The summed E-state index contributed by atoms with van der Waals surface area (Å²) in [6.07, 6.45) is 3.56. The number of aromatic hydroxyl groups is 1. The standard InChI is InChI=1S/C15H22N2O3/c1-20-15(7-2-8-15)10-17-14(19)13(16)9-11-3-5-12(18)6-4-11/h3-6,13,18H,2,7-10,16H2,1H3,(H,17,19)/t13-/m0/s1. The average Bonchev–Trinajstić information content (AvgIpc) is 2.40. The highest BCUT2D eigenvalue weighted by molar-refractivity contribution is 5.81. The minimum absolute atomic E-state index is 0.165. The minimum Gasteiger partial charge on any atom is -0.508 e. The maximum Gasteiger partial charge on any atom is 0.237 e. The number of benzene rings is 1. The fourth-order valence-corrected chi connectivity index (χ4v) is 2.38. The topological polar surface area (TPSA) is 84.6 Å². The van der Waals surface area contributed by atoms with Gasteiger partial charge in [0, 0.05) is 13.7 Å². The van der Waals surface area contributed by atoms with Gasteiger partial charge in [0.25, 0.3) is 0 Å². The third kappa shape index (κ3) is 3.49. The summed E-state index contributed by atoms with van der Waals surface area (Å²) < 4.78 is 5.45. The van der Waals surface area contributed by atoms with E-state index in [1.54, 1.807) is 31.4 Å². The van der Waals surface area contributed by atoms with Crippen LogP contribution in [0.5, 0.6) is 5.75 Å². The third-order valence-electron chi connectivity index (χ3n) is 4.01. The van der Waals surface area contributed by atoms with Crippen LogP contribution in [0.1, 0.15) is 24.8 Å². The van der Waals surface area contributed by atoms with E-state index in [9.17, 15) is 9.90 Å². The second-order valence-electron chi connectivity index (χ2n) is 5.44. The molecule has 0 radical (unpaired) electrons. The Kier molecular flexibility index (Phi) is 4.62. The fourth-order valence-electron chi connectivity index (χ4n) is 2.38. The van der Waals surface area contributed by atoms with E-state index >= 15 is 0 Å². The molecule has 4 N–H and O–H groups in total. The molecule has 0 unspecified atom stereocenters. The number of amides is 1. The van der Waals surface area contributed by atoms with E-state index in [-0.39, 0.29) is 17.3 Å². The van der Waals surface area contributed by atoms with E-state index in [1.807, 2.05) is 0 Å².